The van der Waals surface area contributed by atoms with E-state index in [0.717, 1.165) is 5.52 Å². The monoisotopic (exact) mass is 284 g/mol. The highest BCUT2D eigenvalue weighted by molar-refractivity contribution is 6.10. The fourth-order valence-electron chi connectivity index (χ4n) is 3.53. The van der Waals surface area contributed by atoms with Gasteiger partial charge in [0.15, 0.2) is 11.0 Å². The van der Waals surface area contributed by atoms with Crippen molar-refractivity contribution in [1.29, 1.82) is 0 Å². The fraction of sp³-hybridized carbons (Fsp3) is 0.0526. The molecule has 0 saturated carbocycles. The molecular formula is C19H14N3+. The lowest BCUT2D eigenvalue weighted by Gasteiger charge is -2.03. The number of imidazole rings is 1. The molecule has 0 aliphatic heterocycles. The molecule has 0 aliphatic rings. The third kappa shape index (κ3) is 1.31. The first kappa shape index (κ1) is 11.7. The van der Waals surface area contributed by atoms with E-state index < -0.39 is 0 Å². The van der Waals surface area contributed by atoms with Gasteiger partial charge in [-0.25, -0.2) is 4.57 Å². The molecule has 5 aromatic rings. The molecule has 104 valence electrons. The largest absolute Gasteiger partial charge is 0.297 e. The molecule has 0 N–H and O–H groups in total. The van der Waals surface area contributed by atoms with Crippen LogP contribution >= 0.6 is 0 Å². The van der Waals surface area contributed by atoms with E-state index >= 15 is 0 Å². The SMILES string of the molecule is C[n+]1c2ccccc2n2c3ccccc3c3ncccc3c21. The summed E-state index contributed by atoms with van der Waals surface area (Å²) in [4.78, 5) is 4.64. The Hall–Kier alpha value is -2.94. The van der Waals surface area contributed by atoms with Crippen LogP contribution in [-0.2, 0) is 7.05 Å². The van der Waals surface area contributed by atoms with Crippen molar-refractivity contribution in [1.82, 2.24) is 9.38 Å². The van der Waals surface area contributed by atoms with Gasteiger partial charge in [0, 0.05) is 11.6 Å². The number of aromatic nitrogens is 3. The van der Waals surface area contributed by atoms with Crippen molar-refractivity contribution in [2.45, 2.75) is 0 Å². The van der Waals surface area contributed by atoms with Crippen LogP contribution in [0, 0.1) is 0 Å². The summed E-state index contributed by atoms with van der Waals surface area (Å²) in [5, 5.41) is 2.37. The van der Waals surface area contributed by atoms with Crippen LogP contribution in [0.5, 0.6) is 0 Å². The summed E-state index contributed by atoms with van der Waals surface area (Å²) < 4.78 is 4.60. The highest BCUT2D eigenvalue weighted by atomic mass is 15.1. The minimum Gasteiger partial charge on any atom is -0.255 e. The molecule has 0 bridgehead atoms. The van der Waals surface area contributed by atoms with Gasteiger partial charge in [-0.05, 0) is 36.4 Å². The Morgan fingerprint density at radius 2 is 1.55 bits per heavy atom. The lowest BCUT2D eigenvalue weighted by molar-refractivity contribution is -0.617. The summed E-state index contributed by atoms with van der Waals surface area (Å²) in [6, 6.07) is 21.2. The van der Waals surface area contributed by atoms with E-state index in [1.54, 1.807) is 0 Å². The normalized spacial score (nSPS) is 11.9. The molecule has 3 heterocycles. The van der Waals surface area contributed by atoms with Gasteiger partial charge in [-0.1, -0.05) is 24.3 Å². The Bertz CT molecular complexity index is 1190. The van der Waals surface area contributed by atoms with Gasteiger partial charge in [-0.15, -0.1) is 0 Å². The first-order valence-electron chi connectivity index (χ1n) is 7.41. The summed E-state index contributed by atoms with van der Waals surface area (Å²) in [6.45, 7) is 0. The second kappa shape index (κ2) is 4.04. The van der Waals surface area contributed by atoms with Crippen LogP contribution in [0.15, 0.2) is 66.9 Å². The Morgan fingerprint density at radius 1 is 0.818 bits per heavy atom. The molecule has 5 rings (SSSR count). The quantitative estimate of drug-likeness (QED) is 0.314. The van der Waals surface area contributed by atoms with Crippen molar-refractivity contribution in [2.24, 2.45) is 7.05 Å². The number of para-hydroxylation sites is 3. The van der Waals surface area contributed by atoms with Crippen molar-refractivity contribution in [2.75, 3.05) is 0 Å². The Labute approximate surface area is 127 Å². The third-order valence-electron chi connectivity index (χ3n) is 4.46. The Kier molecular flexibility index (Phi) is 2.15. The number of rotatable bonds is 0. The first-order chi connectivity index (χ1) is 10.9. The van der Waals surface area contributed by atoms with Crippen molar-refractivity contribution >= 4 is 38.5 Å². The Morgan fingerprint density at radius 3 is 2.45 bits per heavy atom. The molecule has 0 saturated heterocycles. The second-order valence-corrected chi connectivity index (χ2v) is 5.62. The molecule has 0 aliphatic carbocycles. The van der Waals surface area contributed by atoms with E-state index in [2.05, 4.69) is 75.6 Å². The first-order valence-corrected chi connectivity index (χ1v) is 7.41. The highest BCUT2D eigenvalue weighted by Gasteiger charge is 2.22. The zero-order valence-corrected chi connectivity index (χ0v) is 12.2. The molecule has 0 amide bonds. The number of pyridine rings is 2. The predicted octanol–water partition coefficient (Wildman–Crippen LogP) is 3.62. The molecule has 3 heteroatoms. The summed E-state index contributed by atoms with van der Waals surface area (Å²) in [5.74, 6) is 0. The Balaban J connectivity index is 2.29. The number of hydrogen-bond donors (Lipinski definition) is 0. The van der Waals surface area contributed by atoms with Crippen LogP contribution in [0.2, 0.25) is 0 Å². The van der Waals surface area contributed by atoms with E-state index in [1.165, 1.54) is 33.0 Å². The average molecular weight is 284 g/mol. The summed E-state index contributed by atoms with van der Waals surface area (Å²) >= 11 is 0. The number of aryl methyl sites for hydroxylation is 1. The van der Waals surface area contributed by atoms with E-state index in [9.17, 15) is 0 Å². The van der Waals surface area contributed by atoms with Gasteiger partial charge in [-0.3, -0.25) is 4.98 Å². The van der Waals surface area contributed by atoms with Gasteiger partial charge < -0.3 is 0 Å². The molecular weight excluding hydrogens is 270 g/mol. The summed E-state index contributed by atoms with van der Waals surface area (Å²) in [6.07, 6.45) is 1.87. The van der Waals surface area contributed by atoms with E-state index in [0.29, 0.717) is 0 Å². The van der Waals surface area contributed by atoms with Crippen molar-refractivity contribution in [3.63, 3.8) is 0 Å². The number of fused-ring (bicyclic) bond motifs is 8. The third-order valence-corrected chi connectivity index (χ3v) is 4.46. The second-order valence-electron chi connectivity index (χ2n) is 5.62. The minimum atomic E-state index is 1.06. The average Bonchev–Trinajstić information content (AvgIpc) is 2.89. The van der Waals surface area contributed by atoms with Gasteiger partial charge in [0.1, 0.15) is 5.52 Å². The molecule has 3 nitrogen and oxygen atoms in total. The number of benzene rings is 2. The maximum Gasteiger partial charge on any atom is 0.297 e. The molecule has 0 unspecified atom stereocenters. The molecule has 0 atom stereocenters. The van der Waals surface area contributed by atoms with Crippen LogP contribution in [0.4, 0.5) is 0 Å². The molecule has 3 aromatic heterocycles. The minimum absolute atomic E-state index is 1.06. The number of hydrogen-bond acceptors (Lipinski definition) is 1. The van der Waals surface area contributed by atoms with Crippen LogP contribution in [0.1, 0.15) is 0 Å². The molecule has 0 spiro atoms. The smallest absolute Gasteiger partial charge is 0.255 e. The number of nitrogens with zero attached hydrogens (tertiary/aromatic N) is 3. The summed E-state index contributed by atoms with van der Waals surface area (Å²) in [5.41, 5.74) is 5.89. The maximum atomic E-state index is 4.64. The standard InChI is InChI=1S/C19H14N3/c1-21-16-10-4-5-11-17(16)22-15-9-3-2-7-13(15)18-14(19(21)22)8-6-12-20-18/h2-12H,1H3/q+1. The lowest BCUT2D eigenvalue weighted by Crippen LogP contribution is -2.27. The molecule has 0 radical (unpaired) electrons. The van der Waals surface area contributed by atoms with Gasteiger partial charge in [0.05, 0.1) is 18.0 Å². The molecule has 22 heavy (non-hydrogen) atoms. The van der Waals surface area contributed by atoms with Crippen molar-refractivity contribution < 1.29 is 4.57 Å². The topological polar surface area (TPSA) is 21.2 Å². The van der Waals surface area contributed by atoms with E-state index in [-0.39, 0.29) is 0 Å². The van der Waals surface area contributed by atoms with Gasteiger partial charge in [-0.2, -0.15) is 4.40 Å². The van der Waals surface area contributed by atoms with Gasteiger partial charge in [0.25, 0.3) is 5.65 Å². The van der Waals surface area contributed by atoms with Crippen molar-refractivity contribution in [3.8, 4) is 0 Å². The fourth-order valence-corrected chi connectivity index (χ4v) is 3.53. The zero-order chi connectivity index (χ0) is 14.7. The summed E-state index contributed by atoms with van der Waals surface area (Å²) in [7, 11) is 2.12. The van der Waals surface area contributed by atoms with E-state index in [4.69, 9.17) is 0 Å². The molecule has 0 fully saturated rings. The van der Waals surface area contributed by atoms with Crippen LogP contribution < -0.4 is 4.57 Å². The van der Waals surface area contributed by atoms with Crippen LogP contribution in [0.25, 0.3) is 38.5 Å². The van der Waals surface area contributed by atoms with Crippen LogP contribution in [-0.4, -0.2) is 9.38 Å². The zero-order valence-electron chi connectivity index (χ0n) is 12.2. The van der Waals surface area contributed by atoms with Gasteiger partial charge in [0.2, 0.25) is 0 Å². The maximum absolute atomic E-state index is 4.64. The van der Waals surface area contributed by atoms with Crippen LogP contribution in [0.3, 0.4) is 0 Å². The highest BCUT2D eigenvalue weighted by Crippen LogP contribution is 2.29. The van der Waals surface area contributed by atoms with E-state index in [1.807, 2.05) is 12.3 Å². The predicted molar refractivity (Wildman–Crippen MR) is 88.9 cm³/mol. The van der Waals surface area contributed by atoms with Gasteiger partial charge >= 0.3 is 0 Å². The molecule has 2 aromatic carbocycles. The lowest BCUT2D eigenvalue weighted by atomic mass is 10.1. The van der Waals surface area contributed by atoms with Crippen molar-refractivity contribution in [3.05, 3.63) is 66.9 Å².